The predicted octanol–water partition coefficient (Wildman–Crippen LogP) is 7.97. The molecule has 0 atom stereocenters. The van der Waals surface area contributed by atoms with Gasteiger partial charge in [-0.3, -0.25) is 9.97 Å². The van der Waals surface area contributed by atoms with Gasteiger partial charge in [0, 0.05) is 17.7 Å². The Labute approximate surface area is 288 Å². The van der Waals surface area contributed by atoms with E-state index in [2.05, 4.69) is 30.1 Å². The van der Waals surface area contributed by atoms with Crippen LogP contribution in [0.4, 0.5) is 26.3 Å². The van der Waals surface area contributed by atoms with Crippen molar-refractivity contribution < 1.29 is 46.1 Å². The van der Waals surface area contributed by atoms with Gasteiger partial charge in [0.1, 0.15) is 17.1 Å². The van der Waals surface area contributed by atoms with E-state index in [1.807, 2.05) is 54.9 Å². The topological polar surface area (TPSA) is 87.2 Å². The minimum Gasteiger partial charge on any atom is -0.253 e. The van der Waals surface area contributed by atoms with Crippen LogP contribution in [0.15, 0.2) is 54.9 Å². The number of rotatable bonds is 5. The number of pyridine rings is 2. The molecule has 16 heteroatoms. The van der Waals surface area contributed by atoms with Crippen LogP contribution >= 0.6 is 7.92 Å². The number of hydrogen-bond donors (Lipinski definition) is 0. The minimum atomic E-state index is -4.93. The summed E-state index contributed by atoms with van der Waals surface area (Å²) in [6.45, 7) is 15.4. The first-order valence-electron chi connectivity index (χ1n) is 14.5. The molecule has 0 aliphatic heterocycles. The predicted molar refractivity (Wildman–Crippen MR) is 169 cm³/mol. The van der Waals surface area contributed by atoms with E-state index in [1.165, 1.54) is 18.5 Å². The summed E-state index contributed by atoms with van der Waals surface area (Å²) < 4.78 is 87.0. The number of aromatic nitrogens is 8. The number of para-hydroxylation sites is 1. The van der Waals surface area contributed by atoms with Gasteiger partial charge in [-0.25, -0.2) is 19.3 Å². The van der Waals surface area contributed by atoms with E-state index < -0.39 is 31.9 Å². The SMILES string of the molecule is CP(C)c1cccc(-n2nc(C(F)(F)F)nc2-c2cc(C(C)(C)C)ccn2)c1-n1nc(C(F)(F)F)nc1-c1cc(C(C)(C)C)ccn1.[Os+2]. The molecule has 0 spiro atoms. The van der Waals surface area contributed by atoms with Crippen molar-refractivity contribution in [3.05, 3.63) is 77.6 Å². The first kappa shape index (κ1) is 37.3. The molecule has 0 saturated heterocycles. The second-order valence-corrected chi connectivity index (χ2v) is 15.5. The van der Waals surface area contributed by atoms with E-state index in [4.69, 9.17) is 0 Å². The van der Waals surface area contributed by atoms with E-state index in [0.717, 1.165) is 20.5 Å². The molecule has 5 rings (SSSR count). The van der Waals surface area contributed by atoms with Crippen molar-refractivity contribution in [1.29, 1.82) is 0 Å². The molecule has 0 amide bonds. The minimum absolute atomic E-state index is 0. The van der Waals surface area contributed by atoms with Gasteiger partial charge in [0.15, 0.2) is 11.6 Å². The van der Waals surface area contributed by atoms with E-state index in [1.54, 1.807) is 36.4 Å². The van der Waals surface area contributed by atoms with Crippen LogP contribution in [0.5, 0.6) is 0 Å². The van der Waals surface area contributed by atoms with Gasteiger partial charge in [0.05, 0.1) is 5.69 Å². The van der Waals surface area contributed by atoms with Crippen LogP contribution in [0, 0.1) is 0 Å². The van der Waals surface area contributed by atoms with Gasteiger partial charge in [0.25, 0.3) is 11.6 Å². The summed E-state index contributed by atoms with van der Waals surface area (Å²) in [5.74, 6) is -3.35. The molecule has 0 unspecified atom stereocenters. The largest absolute Gasteiger partial charge is 2.00 e. The first-order chi connectivity index (χ1) is 21.7. The Morgan fingerprint density at radius 1 is 0.625 bits per heavy atom. The van der Waals surface area contributed by atoms with Gasteiger partial charge < -0.3 is 0 Å². The Morgan fingerprint density at radius 2 is 1.06 bits per heavy atom. The van der Waals surface area contributed by atoms with Crippen molar-refractivity contribution in [1.82, 2.24) is 39.5 Å². The van der Waals surface area contributed by atoms with E-state index >= 15 is 0 Å². The molecule has 254 valence electrons. The molecule has 5 aromatic rings. The molecule has 4 heterocycles. The normalized spacial score (nSPS) is 12.8. The summed E-state index contributed by atoms with van der Waals surface area (Å²) in [5.41, 5.74) is 1.09. The molecule has 0 fully saturated rings. The van der Waals surface area contributed by atoms with Crippen LogP contribution < -0.4 is 5.30 Å². The van der Waals surface area contributed by atoms with Crippen molar-refractivity contribution in [3.8, 4) is 34.4 Å². The third-order valence-corrected chi connectivity index (χ3v) is 8.67. The fraction of sp³-hybridized carbons (Fsp3) is 0.375. The molecule has 0 radical (unpaired) electrons. The van der Waals surface area contributed by atoms with Gasteiger partial charge in [-0.05, 0) is 65.6 Å². The zero-order chi connectivity index (χ0) is 34.7. The second kappa shape index (κ2) is 13.1. The summed E-state index contributed by atoms with van der Waals surface area (Å²) in [6.07, 6.45) is -6.92. The molecule has 0 aliphatic carbocycles. The van der Waals surface area contributed by atoms with Gasteiger partial charge in [0.2, 0.25) is 0 Å². The van der Waals surface area contributed by atoms with Crippen molar-refractivity contribution in [2.24, 2.45) is 0 Å². The Hall–Kier alpha value is -3.55. The van der Waals surface area contributed by atoms with Gasteiger partial charge in [-0.15, -0.1) is 10.2 Å². The Morgan fingerprint density at radius 3 is 1.48 bits per heavy atom. The number of alkyl halides is 6. The molecular weight excluding hydrogens is 832 g/mol. The molecule has 4 aromatic heterocycles. The van der Waals surface area contributed by atoms with E-state index in [0.29, 0.717) is 5.30 Å². The molecule has 0 N–H and O–H groups in total. The monoisotopic (exact) mass is 866 g/mol. The van der Waals surface area contributed by atoms with Gasteiger partial charge in [-0.2, -0.15) is 26.3 Å². The summed E-state index contributed by atoms with van der Waals surface area (Å²) in [6, 6.07) is 11.5. The smallest absolute Gasteiger partial charge is 0.253 e. The van der Waals surface area contributed by atoms with Crippen molar-refractivity contribution in [3.63, 3.8) is 0 Å². The fourth-order valence-electron chi connectivity index (χ4n) is 4.83. The molecule has 48 heavy (non-hydrogen) atoms. The Bertz CT molecular complexity index is 1930. The molecule has 0 aliphatic rings. The number of halogens is 6. The molecule has 1 aromatic carbocycles. The van der Waals surface area contributed by atoms with Crippen molar-refractivity contribution in [2.45, 2.75) is 64.7 Å². The third kappa shape index (κ3) is 7.52. The Kier molecular flexibility index (Phi) is 10.1. The first-order valence-corrected chi connectivity index (χ1v) is 16.7. The quantitative estimate of drug-likeness (QED) is 0.132. The van der Waals surface area contributed by atoms with E-state index in [9.17, 15) is 26.3 Å². The van der Waals surface area contributed by atoms with Gasteiger partial charge in [-0.1, -0.05) is 61.6 Å². The van der Waals surface area contributed by atoms with Gasteiger partial charge >= 0.3 is 32.1 Å². The average Bonchev–Trinajstić information content (AvgIpc) is 3.62. The maximum atomic E-state index is 14.2. The fourth-order valence-corrected chi connectivity index (χ4v) is 5.84. The van der Waals surface area contributed by atoms with Crippen LogP contribution in [0.2, 0.25) is 0 Å². The van der Waals surface area contributed by atoms with Crippen LogP contribution in [-0.4, -0.2) is 52.8 Å². The van der Waals surface area contributed by atoms with Crippen LogP contribution in [0.1, 0.15) is 64.3 Å². The zero-order valence-electron chi connectivity index (χ0n) is 27.3. The van der Waals surface area contributed by atoms with E-state index in [-0.39, 0.29) is 65.0 Å². The summed E-state index contributed by atoms with van der Waals surface area (Å²) >= 11 is 0. The van der Waals surface area contributed by atoms with Crippen LogP contribution in [0.3, 0.4) is 0 Å². The zero-order valence-corrected chi connectivity index (χ0v) is 30.8. The maximum Gasteiger partial charge on any atom is 2.00 e. The summed E-state index contributed by atoms with van der Waals surface area (Å²) in [5, 5.41) is 8.30. The molecule has 8 nitrogen and oxygen atoms in total. The molecule has 0 saturated carbocycles. The number of nitrogens with zero attached hydrogens (tertiary/aromatic N) is 8. The number of hydrogen-bond acceptors (Lipinski definition) is 6. The standard InChI is InChI=1S/C32H33F6N8P.Os/c1-29(2,3)18-12-14-39-20(16-18)25-41-27(31(33,34)35)43-45(25)22-10-9-11-23(47(7)8)24(22)46-26(42-28(44-46)32(36,37)38)21-17-19(13-15-40-21)30(4,5)6;/h9-17H,1-8H3;/q;+2. The average molecular weight is 865 g/mol. The maximum absolute atomic E-state index is 14.2. The van der Waals surface area contributed by atoms with Crippen LogP contribution in [0.25, 0.3) is 34.4 Å². The molecule has 0 bridgehead atoms. The van der Waals surface area contributed by atoms with Crippen LogP contribution in [-0.2, 0) is 43.0 Å². The third-order valence-electron chi connectivity index (χ3n) is 7.35. The second-order valence-electron chi connectivity index (χ2n) is 13.2. The summed E-state index contributed by atoms with van der Waals surface area (Å²) in [7, 11) is -1.06. The van der Waals surface area contributed by atoms with Crippen molar-refractivity contribution >= 4 is 13.2 Å². The number of benzene rings is 1. The summed E-state index contributed by atoms with van der Waals surface area (Å²) in [4.78, 5) is 16.4. The Balaban J connectivity index is 0.00000520. The van der Waals surface area contributed by atoms with Crippen molar-refractivity contribution in [2.75, 3.05) is 13.3 Å². The molecular formula is C32H33F6N8OsP+2.